The molecule has 1 aliphatic carbocycles. The van der Waals surface area contributed by atoms with E-state index in [4.69, 9.17) is 0 Å². The molecular formula is C12H14N2O3. The number of urea groups is 1. The summed E-state index contributed by atoms with van der Waals surface area (Å²) in [5, 5.41) is 4.29. The van der Waals surface area contributed by atoms with Crippen molar-refractivity contribution in [1.82, 2.24) is 10.6 Å². The molecule has 0 saturated carbocycles. The van der Waals surface area contributed by atoms with Crippen LogP contribution in [0.25, 0.3) is 0 Å². The molecule has 1 saturated heterocycles. The number of imide groups is 2. The van der Waals surface area contributed by atoms with Crippen molar-refractivity contribution < 1.29 is 14.4 Å². The number of amides is 4. The van der Waals surface area contributed by atoms with Crippen molar-refractivity contribution in [3.63, 3.8) is 0 Å². The highest BCUT2D eigenvalue weighted by Gasteiger charge is 2.50. The van der Waals surface area contributed by atoms with Gasteiger partial charge in [-0.25, -0.2) is 4.79 Å². The largest absolute Gasteiger partial charge is 0.328 e. The van der Waals surface area contributed by atoms with E-state index in [1.165, 1.54) is 0 Å². The molecule has 0 aromatic rings. The van der Waals surface area contributed by atoms with Gasteiger partial charge in [-0.05, 0) is 25.7 Å². The van der Waals surface area contributed by atoms with Crippen LogP contribution in [0.1, 0.15) is 19.8 Å². The Morgan fingerprint density at radius 2 is 1.94 bits per heavy atom. The van der Waals surface area contributed by atoms with Crippen LogP contribution < -0.4 is 10.6 Å². The van der Waals surface area contributed by atoms with Gasteiger partial charge in [0.25, 0.3) is 0 Å². The number of carbonyl (C=O) groups is 3. The van der Waals surface area contributed by atoms with Gasteiger partial charge in [-0.15, -0.1) is 6.58 Å². The molecule has 2 N–H and O–H groups in total. The molecule has 0 bridgehead atoms. The van der Waals surface area contributed by atoms with Crippen molar-refractivity contribution in [3.8, 4) is 0 Å². The van der Waals surface area contributed by atoms with Gasteiger partial charge in [0.15, 0.2) is 0 Å². The minimum atomic E-state index is -1.25. The fourth-order valence-corrected chi connectivity index (χ4v) is 2.48. The lowest BCUT2D eigenvalue weighted by atomic mass is 9.70. The van der Waals surface area contributed by atoms with Crippen LogP contribution in [-0.4, -0.2) is 17.8 Å². The lowest BCUT2D eigenvalue weighted by molar-refractivity contribution is -0.142. The maximum atomic E-state index is 11.9. The summed E-state index contributed by atoms with van der Waals surface area (Å²) in [5.41, 5.74) is -0.296. The van der Waals surface area contributed by atoms with E-state index in [1.807, 2.05) is 6.92 Å². The average molecular weight is 234 g/mol. The molecule has 4 amide bonds. The summed E-state index contributed by atoms with van der Waals surface area (Å²) in [7, 11) is 0. The van der Waals surface area contributed by atoms with E-state index in [0.29, 0.717) is 6.42 Å². The Labute approximate surface area is 98.9 Å². The van der Waals surface area contributed by atoms with Gasteiger partial charge < -0.3 is 0 Å². The van der Waals surface area contributed by atoms with Gasteiger partial charge in [-0.1, -0.05) is 17.7 Å². The molecule has 90 valence electrons. The highest BCUT2D eigenvalue weighted by atomic mass is 16.2. The number of nitrogens with one attached hydrogen (secondary N) is 2. The Hall–Kier alpha value is -1.91. The predicted octanol–water partition coefficient (Wildman–Crippen LogP) is 0.881. The van der Waals surface area contributed by atoms with E-state index in [-0.39, 0.29) is 5.92 Å². The molecular weight excluding hydrogens is 220 g/mol. The van der Waals surface area contributed by atoms with Gasteiger partial charge in [0.2, 0.25) is 11.8 Å². The minimum absolute atomic E-state index is 0.0738. The third kappa shape index (κ3) is 1.77. The minimum Gasteiger partial charge on any atom is -0.277 e. The number of rotatable bonds is 1. The first-order valence-corrected chi connectivity index (χ1v) is 5.45. The van der Waals surface area contributed by atoms with Gasteiger partial charge >= 0.3 is 6.03 Å². The summed E-state index contributed by atoms with van der Waals surface area (Å²) >= 11 is 0. The first-order valence-electron chi connectivity index (χ1n) is 5.45. The second-order valence-corrected chi connectivity index (χ2v) is 4.60. The zero-order valence-corrected chi connectivity index (χ0v) is 9.58. The number of hydrogen-bond acceptors (Lipinski definition) is 3. The lowest BCUT2D eigenvalue weighted by Gasteiger charge is -2.37. The lowest BCUT2D eigenvalue weighted by Crippen LogP contribution is -2.62. The summed E-state index contributed by atoms with van der Waals surface area (Å²) in [6, 6.07) is -0.752. The SMILES string of the molecule is C=CC1CC(C)=CC2(C1)C(=O)NC(=O)NC2=O. The van der Waals surface area contributed by atoms with Crippen molar-refractivity contribution in [1.29, 1.82) is 0 Å². The molecule has 0 aromatic carbocycles. The van der Waals surface area contributed by atoms with E-state index in [2.05, 4.69) is 17.2 Å². The Morgan fingerprint density at radius 3 is 2.47 bits per heavy atom. The third-order valence-electron chi connectivity index (χ3n) is 3.26. The van der Waals surface area contributed by atoms with Gasteiger partial charge in [0.1, 0.15) is 5.41 Å². The molecule has 5 nitrogen and oxygen atoms in total. The summed E-state index contributed by atoms with van der Waals surface area (Å²) in [6.45, 7) is 5.57. The predicted molar refractivity (Wildman–Crippen MR) is 60.8 cm³/mol. The quantitative estimate of drug-likeness (QED) is 0.522. The van der Waals surface area contributed by atoms with Crippen molar-refractivity contribution in [2.75, 3.05) is 0 Å². The molecule has 1 atom stereocenters. The summed E-state index contributed by atoms with van der Waals surface area (Å²) < 4.78 is 0. The average Bonchev–Trinajstić information content (AvgIpc) is 2.25. The first kappa shape index (κ1) is 11.6. The van der Waals surface area contributed by atoms with Gasteiger partial charge in [0.05, 0.1) is 0 Å². The van der Waals surface area contributed by atoms with Crippen LogP contribution >= 0.6 is 0 Å². The Balaban J connectivity index is 2.43. The Kier molecular flexibility index (Phi) is 2.61. The van der Waals surface area contributed by atoms with Crippen LogP contribution in [-0.2, 0) is 9.59 Å². The van der Waals surface area contributed by atoms with Crippen LogP contribution in [0, 0.1) is 11.3 Å². The number of carbonyl (C=O) groups excluding carboxylic acids is 3. The molecule has 0 radical (unpaired) electrons. The molecule has 1 fully saturated rings. The van der Waals surface area contributed by atoms with Crippen LogP contribution in [0.3, 0.4) is 0 Å². The molecule has 1 heterocycles. The van der Waals surface area contributed by atoms with E-state index >= 15 is 0 Å². The maximum absolute atomic E-state index is 11.9. The number of barbiturate groups is 1. The molecule has 1 spiro atoms. The molecule has 1 unspecified atom stereocenters. The zero-order chi connectivity index (χ0) is 12.6. The highest BCUT2D eigenvalue weighted by Crippen LogP contribution is 2.39. The second kappa shape index (κ2) is 3.84. The normalized spacial score (nSPS) is 27.2. The van der Waals surface area contributed by atoms with Crippen molar-refractivity contribution in [2.45, 2.75) is 19.8 Å². The maximum Gasteiger partial charge on any atom is 0.328 e. The zero-order valence-electron chi connectivity index (χ0n) is 9.58. The first-order chi connectivity index (χ1) is 7.98. The van der Waals surface area contributed by atoms with Crippen LogP contribution in [0.4, 0.5) is 4.79 Å². The van der Waals surface area contributed by atoms with Gasteiger partial charge in [-0.3, -0.25) is 20.2 Å². The molecule has 1 aliphatic heterocycles. The number of allylic oxidation sites excluding steroid dienone is 2. The summed E-state index contributed by atoms with van der Waals surface area (Å²) in [4.78, 5) is 34.9. The van der Waals surface area contributed by atoms with E-state index < -0.39 is 23.3 Å². The second-order valence-electron chi connectivity index (χ2n) is 4.60. The third-order valence-corrected chi connectivity index (χ3v) is 3.26. The van der Waals surface area contributed by atoms with Crippen LogP contribution in [0.2, 0.25) is 0 Å². The Bertz CT molecular complexity index is 431. The van der Waals surface area contributed by atoms with Crippen LogP contribution in [0.5, 0.6) is 0 Å². The summed E-state index contributed by atoms with van der Waals surface area (Å²) in [5.74, 6) is -1.01. The van der Waals surface area contributed by atoms with Crippen molar-refractivity contribution in [2.24, 2.45) is 11.3 Å². The summed E-state index contributed by atoms with van der Waals surface area (Å²) in [6.07, 6.45) is 4.55. The number of hydrogen-bond donors (Lipinski definition) is 2. The fourth-order valence-electron chi connectivity index (χ4n) is 2.48. The van der Waals surface area contributed by atoms with Crippen molar-refractivity contribution in [3.05, 3.63) is 24.3 Å². The molecule has 2 rings (SSSR count). The molecule has 5 heteroatoms. The smallest absolute Gasteiger partial charge is 0.277 e. The van der Waals surface area contributed by atoms with Gasteiger partial charge in [0, 0.05) is 0 Å². The van der Waals surface area contributed by atoms with Gasteiger partial charge in [-0.2, -0.15) is 0 Å². The molecule has 0 aromatic heterocycles. The molecule has 17 heavy (non-hydrogen) atoms. The van der Waals surface area contributed by atoms with E-state index in [1.54, 1.807) is 12.2 Å². The van der Waals surface area contributed by atoms with Crippen molar-refractivity contribution >= 4 is 17.8 Å². The standard InChI is InChI=1S/C12H14N2O3/c1-3-8-4-7(2)5-12(6-8)9(15)13-11(17)14-10(12)16/h3,5,8H,1,4,6H2,2H3,(H2,13,14,15,16,17). The fraction of sp³-hybridized carbons (Fsp3) is 0.417. The Morgan fingerprint density at radius 1 is 1.35 bits per heavy atom. The topological polar surface area (TPSA) is 75.3 Å². The highest BCUT2D eigenvalue weighted by molar-refractivity contribution is 6.20. The molecule has 2 aliphatic rings. The van der Waals surface area contributed by atoms with E-state index in [0.717, 1.165) is 12.0 Å². The van der Waals surface area contributed by atoms with Crippen LogP contribution in [0.15, 0.2) is 24.3 Å². The monoisotopic (exact) mass is 234 g/mol. The van der Waals surface area contributed by atoms with E-state index in [9.17, 15) is 14.4 Å².